The number of alkyl halides is 3. The van der Waals surface area contributed by atoms with Gasteiger partial charge in [0.15, 0.2) is 5.65 Å². The molecule has 12 heteroatoms. The summed E-state index contributed by atoms with van der Waals surface area (Å²) < 4.78 is 45.9. The number of hydrogen-bond acceptors (Lipinski definition) is 6. The maximum absolute atomic E-state index is 12.8. The Morgan fingerprint density at radius 3 is 2.56 bits per heavy atom. The molecule has 5 rings (SSSR count). The average molecular weight is 541 g/mol. The zero-order valence-electron chi connectivity index (χ0n) is 21.3. The highest BCUT2D eigenvalue weighted by molar-refractivity contribution is 5.81. The van der Waals surface area contributed by atoms with Gasteiger partial charge in [-0.25, -0.2) is 9.50 Å². The van der Waals surface area contributed by atoms with Crippen LogP contribution < -0.4 is 0 Å². The summed E-state index contributed by atoms with van der Waals surface area (Å²) in [4.78, 5) is 31.1. The summed E-state index contributed by atoms with van der Waals surface area (Å²) in [6.45, 7) is 4.01. The second-order valence-electron chi connectivity index (χ2n) is 9.51. The van der Waals surface area contributed by atoms with Gasteiger partial charge in [-0.05, 0) is 24.6 Å². The first-order chi connectivity index (χ1) is 18.7. The molecular formula is C27H27F3N6O3. The molecular weight excluding hydrogens is 513 g/mol. The molecule has 1 unspecified atom stereocenters. The molecule has 1 aliphatic rings. The largest absolute Gasteiger partial charge is 0.389 e. The zero-order valence-corrected chi connectivity index (χ0v) is 21.3. The maximum Gasteiger partial charge on any atom is 0.389 e. The van der Waals surface area contributed by atoms with Gasteiger partial charge in [-0.2, -0.15) is 23.4 Å². The number of carbonyl (C=O) groups excluding carboxylic acids is 2. The lowest BCUT2D eigenvalue weighted by atomic mass is 10.0. The maximum atomic E-state index is 12.8. The van der Waals surface area contributed by atoms with E-state index >= 15 is 0 Å². The number of rotatable bonds is 8. The van der Waals surface area contributed by atoms with E-state index < -0.39 is 30.8 Å². The summed E-state index contributed by atoms with van der Waals surface area (Å²) in [6.07, 6.45) is 0.739. The Morgan fingerprint density at radius 1 is 1.03 bits per heavy atom. The topological polar surface area (TPSA) is 94.6 Å². The van der Waals surface area contributed by atoms with Crippen LogP contribution in [0.3, 0.4) is 0 Å². The van der Waals surface area contributed by atoms with E-state index in [0.717, 1.165) is 16.7 Å². The number of ether oxygens (including phenoxy) is 1. The molecule has 1 aliphatic heterocycles. The Kier molecular flexibility index (Phi) is 7.47. The van der Waals surface area contributed by atoms with Crippen molar-refractivity contribution in [2.24, 2.45) is 0 Å². The van der Waals surface area contributed by atoms with Crippen molar-refractivity contribution in [1.29, 1.82) is 0 Å². The predicted molar refractivity (Wildman–Crippen MR) is 136 cm³/mol. The van der Waals surface area contributed by atoms with Gasteiger partial charge >= 0.3 is 6.18 Å². The number of imidazole rings is 1. The Balaban J connectivity index is 1.31. The molecule has 0 spiro atoms. The van der Waals surface area contributed by atoms with Crippen LogP contribution in [0, 0.1) is 0 Å². The van der Waals surface area contributed by atoms with Crippen LogP contribution in [-0.4, -0.2) is 73.4 Å². The summed E-state index contributed by atoms with van der Waals surface area (Å²) >= 11 is 0. The number of amides is 1. The molecule has 4 aromatic rings. The first kappa shape index (κ1) is 26.5. The van der Waals surface area contributed by atoms with Gasteiger partial charge in [-0.15, -0.1) is 0 Å². The minimum absolute atomic E-state index is 0.0105. The molecule has 0 N–H and O–H groups in total. The van der Waals surface area contributed by atoms with E-state index in [1.807, 2.05) is 19.1 Å². The molecule has 0 bridgehead atoms. The van der Waals surface area contributed by atoms with Gasteiger partial charge in [0, 0.05) is 48.8 Å². The Labute approximate surface area is 222 Å². The molecule has 9 nitrogen and oxygen atoms in total. The second kappa shape index (κ2) is 11.0. The molecule has 1 atom stereocenters. The van der Waals surface area contributed by atoms with E-state index in [4.69, 9.17) is 4.74 Å². The minimum atomic E-state index is -4.35. The van der Waals surface area contributed by atoms with Gasteiger partial charge in [0.25, 0.3) is 0 Å². The van der Waals surface area contributed by atoms with Crippen LogP contribution in [-0.2, 0) is 20.7 Å². The van der Waals surface area contributed by atoms with E-state index in [0.29, 0.717) is 43.2 Å². The molecule has 1 saturated heterocycles. The second-order valence-corrected chi connectivity index (χ2v) is 9.51. The number of Topliss-reactive ketones (excluding diaryl/α,β-unsaturated/α-hetero) is 1. The van der Waals surface area contributed by atoms with Crippen LogP contribution in [0.1, 0.15) is 31.4 Å². The molecule has 1 aromatic carbocycles. The number of fused-ring (bicyclic) bond motifs is 1. The van der Waals surface area contributed by atoms with Gasteiger partial charge in [0.05, 0.1) is 43.9 Å². The van der Waals surface area contributed by atoms with Gasteiger partial charge in [0.1, 0.15) is 11.8 Å². The number of carbonyl (C=O) groups is 2. The lowest BCUT2D eigenvalue weighted by molar-refractivity contribution is -0.143. The molecule has 3 aromatic heterocycles. The highest BCUT2D eigenvalue weighted by atomic mass is 19.4. The summed E-state index contributed by atoms with van der Waals surface area (Å²) in [5, 5.41) is 8.93. The lowest BCUT2D eigenvalue weighted by Gasteiger charge is -2.29. The monoisotopic (exact) mass is 540 g/mol. The van der Waals surface area contributed by atoms with Crippen molar-refractivity contribution < 1.29 is 27.5 Å². The number of benzene rings is 1. The van der Waals surface area contributed by atoms with Crippen molar-refractivity contribution in [2.45, 2.75) is 38.4 Å². The van der Waals surface area contributed by atoms with E-state index in [-0.39, 0.29) is 12.3 Å². The van der Waals surface area contributed by atoms with Crippen LogP contribution in [0.5, 0.6) is 0 Å². The molecule has 4 heterocycles. The number of aromatic nitrogens is 5. The molecule has 1 amide bonds. The van der Waals surface area contributed by atoms with Crippen molar-refractivity contribution in [2.75, 3.05) is 26.3 Å². The standard InChI is InChI=1S/C27H27F3N6O3/c1-18(26(38)34-7-9-39-10-8-34)35-17-22(15-32-35)21-13-25-31-16-24(36(25)33-14-21)20-4-2-3-19(11-20)12-23(37)5-6-27(28,29)30/h2-4,11,13-18H,5-10,12H2,1H3. The number of halogens is 3. The molecule has 39 heavy (non-hydrogen) atoms. The fourth-order valence-corrected chi connectivity index (χ4v) is 4.53. The Bertz CT molecular complexity index is 1490. The van der Waals surface area contributed by atoms with Crippen molar-refractivity contribution >= 4 is 17.3 Å². The average Bonchev–Trinajstić information content (AvgIpc) is 3.59. The van der Waals surface area contributed by atoms with Gasteiger partial charge in [0.2, 0.25) is 5.91 Å². The third kappa shape index (κ3) is 6.17. The SMILES string of the molecule is CC(C(=O)N1CCOCC1)n1cc(-c2cnn3c(-c4cccc(CC(=O)CCC(F)(F)F)c4)cnc3c2)cn1. The normalized spacial score (nSPS) is 15.0. The first-order valence-electron chi connectivity index (χ1n) is 12.6. The summed E-state index contributed by atoms with van der Waals surface area (Å²) in [5.41, 5.74) is 4.20. The van der Waals surface area contributed by atoms with E-state index in [9.17, 15) is 22.8 Å². The first-order valence-corrected chi connectivity index (χ1v) is 12.6. The molecule has 0 saturated carbocycles. The van der Waals surface area contributed by atoms with Crippen molar-refractivity contribution in [3.05, 3.63) is 60.7 Å². The summed E-state index contributed by atoms with van der Waals surface area (Å²) in [5.74, 6) is -0.476. The third-order valence-corrected chi connectivity index (χ3v) is 6.68. The number of morpholine rings is 1. The fourth-order valence-electron chi connectivity index (χ4n) is 4.53. The van der Waals surface area contributed by atoms with Gasteiger partial charge in [-0.3, -0.25) is 14.3 Å². The van der Waals surface area contributed by atoms with E-state index in [1.54, 1.807) is 57.1 Å². The highest BCUT2D eigenvalue weighted by Crippen LogP contribution is 2.26. The highest BCUT2D eigenvalue weighted by Gasteiger charge is 2.28. The quantitative estimate of drug-likeness (QED) is 0.334. The summed E-state index contributed by atoms with van der Waals surface area (Å²) in [6, 6.07) is 8.46. The van der Waals surface area contributed by atoms with Crippen LogP contribution in [0.4, 0.5) is 13.2 Å². The molecule has 1 fully saturated rings. The van der Waals surface area contributed by atoms with Crippen molar-refractivity contribution in [1.82, 2.24) is 29.3 Å². The fraction of sp³-hybridized carbons (Fsp3) is 0.370. The zero-order chi connectivity index (χ0) is 27.6. The Hall–Kier alpha value is -4.06. The smallest absolute Gasteiger partial charge is 0.378 e. The number of hydrogen-bond donors (Lipinski definition) is 0. The van der Waals surface area contributed by atoms with Crippen LogP contribution in [0.2, 0.25) is 0 Å². The van der Waals surface area contributed by atoms with Gasteiger partial charge < -0.3 is 9.64 Å². The van der Waals surface area contributed by atoms with Crippen LogP contribution >= 0.6 is 0 Å². The third-order valence-electron chi connectivity index (χ3n) is 6.68. The van der Waals surface area contributed by atoms with E-state index in [2.05, 4.69) is 15.2 Å². The predicted octanol–water partition coefficient (Wildman–Crippen LogP) is 4.13. The van der Waals surface area contributed by atoms with Crippen LogP contribution in [0.15, 0.2) is 55.1 Å². The lowest BCUT2D eigenvalue weighted by Crippen LogP contribution is -2.43. The molecule has 0 radical (unpaired) electrons. The van der Waals surface area contributed by atoms with E-state index in [1.165, 1.54) is 0 Å². The summed E-state index contributed by atoms with van der Waals surface area (Å²) in [7, 11) is 0. The minimum Gasteiger partial charge on any atom is -0.378 e. The van der Waals surface area contributed by atoms with Gasteiger partial charge in [-0.1, -0.05) is 18.2 Å². The molecule has 0 aliphatic carbocycles. The molecule has 204 valence electrons. The number of nitrogens with zero attached hydrogens (tertiary/aromatic N) is 6. The Morgan fingerprint density at radius 2 is 1.79 bits per heavy atom. The van der Waals surface area contributed by atoms with Crippen molar-refractivity contribution in [3.8, 4) is 22.4 Å². The van der Waals surface area contributed by atoms with Crippen LogP contribution in [0.25, 0.3) is 28.0 Å². The number of ketones is 1. The van der Waals surface area contributed by atoms with Crippen molar-refractivity contribution in [3.63, 3.8) is 0 Å².